The van der Waals surface area contributed by atoms with E-state index in [1.165, 1.54) is 6.92 Å². The lowest BCUT2D eigenvalue weighted by Gasteiger charge is -2.30. The highest BCUT2D eigenvalue weighted by Crippen LogP contribution is 2.53. The van der Waals surface area contributed by atoms with Gasteiger partial charge in [-0.15, -0.1) is 0 Å². The van der Waals surface area contributed by atoms with Crippen molar-refractivity contribution in [1.82, 2.24) is 26.6 Å². The van der Waals surface area contributed by atoms with E-state index in [1.807, 2.05) is 0 Å². The van der Waals surface area contributed by atoms with Crippen molar-refractivity contribution in [2.75, 3.05) is 6.61 Å². The van der Waals surface area contributed by atoms with Crippen molar-refractivity contribution in [1.29, 1.82) is 0 Å². The van der Waals surface area contributed by atoms with E-state index in [9.17, 15) is 24.0 Å². The average molecular weight is 943 g/mol. The van der Waals surface area contributed by atoms with E-state index >= 15 is 4.57 Å². The molecule has 67 heavy (non-hydrogen) atoms. The van der Waals surface area contributed by atoms with Gasteiger partial charge in [-0.25, -0.2) is 19.1 Å². The molecule has 0 fully saturated rings. The van der Waals surface area contributed by atoms with Crippen molar-refractivity contribution < 1.29 is 51.8 Å². The van der Waals surface area contributed by atoms with Crippen molar-refractivity contribution >= 4 is 49.2 Å². The summed E-state index contributed by atoms with van der Waals surface area (Å²) in [7, 11) is -4.45. The van der Waals surface area contributed by atoms with Crippen LogP contribution in [0.5, 0.6) is 11.5 Å². The van der Waals surface area contributed by atoms with Crippen LogP contribution >= 0.6 is 7.60 Å². The third-order valence-corrected chi connectivity index (χ3v) is 10.9. The lowest BCUT2D eigenvalue weighted by atomic mass is 10.1. The lowest BCUT2D eigenvalue weighted by Crippen LogP contribution is -2.56. The SMILES string of the molecule is Cc1ccccc1C(=O)N[C@H](COC(C)(C)C)C(=O)N[C@@H](C)C(=O)NC(Cc1ccc(N=C(NC(=O)OC(C)(C)C)NC(=O)OC(C)(C)C)cc1)P(=O)(Oc1ccccc1)Oc1ccccc1. The second kappa shape index (κ2) is 23.1. The molecular weight excluding hydrogens is 880 g/mol. The molecular formula is C49H63N6O11P. The topological polar surface area (TPSA) is 221 Å². The zero-order valence-corrected chi connectivity index (χ0v) is 40.8. The van der Waals surface area contributed by atoms with Gasteiger partial charge in [-0.2, -0.15) is 0 Å². The minimum Gasteiger partial charge on any atom is -0.444 e. The third kappa shape index (κ3) is 18.6. The molecule has 4 aromatic rings. The van der Waals surface area contributed by atoms with Crippen molar-refractivity contribution in [2.45, 2.75) is 117 Å². The molecule has 4 rings (SSSR count). The number of alkyl carbamates (subject to hydrolysis) is 2. The summed E-state index contributed by atoms with van der Waals surface area (Å²) >= 11 is 0. The molecule has 0 radical (unpaired) electrons. The second-order valence-electron chi connectivity index (χ2n) is 18.5. The molecule has 3 atom stereocenters. The predicted octanol–water partition coefficient (Wildman–Crippen LogP) is 8.49. The van der Waals surface area contributed by atoms with Gasteiger partial charge in [0.05, 0.1) is 17.9 Å². The quantitative estimate of drug-likeness (QED) is 0.0407. The van der Waals surface area contributed by atoms with E-state index < -0.39 is 72.2 Å². The van der Waals surface area contributed by atoms with E-state index in [0.717, 1.165) is 0 Å². The minimum atomic E-state index is -4.45. The van der Waals surface area contributed by atoms with Crippen LogP contribution < -0.4 is 35.6 Å². The molecule has 5 N–H and O–H groups in total. The van der Waals surface area contributed by atoms with Gasteiger partial charge in [-0.1, -0.05) is 66.7 Å². The van der Waals surface area contributed by atoms with Gasteiger partial charge in [-0.3, -0.25) is 25.0 Å². The molecule has 1 unspecified atom stereocenters. The highest BCUT2D eigenvalue weighted by atomic mass is 31.2. The molecule has 0 aliphatic carbocycles. The summed E-state index contributed by atoms with van der Waals surface area (Å²) in [6.07, 6.45) is -1.89. The number of nitrogens with one attached hydrogen (secondary N) is 5. The molecule has 17 nitrogen and oxygen atoms in total. The fourth-order valence-electron chi connectivity index (χ4n) is 5.84. The number of para-hydroxylation sites is 2. The van der Waals surface area contributed by atoms with Gasteiger partial charge in [-0.05, 0) is 130 Å². The number of carbonyl (C=O) groups is 5. The summed E-state index contributed by atoms with van der Waals surface area (Å²) in [6.45, 7) is 18.5. The van der Waals surface area contributed by atoms with Crippen molar-refractivity contribution in [3.8, 4) is 11.5 Å². The van der Waals surface area contributed by atoms with Gasteiger partial charge in [0.2, 0.25) is 17.8 Å². The maximum absolute atomic E-state index is 15.3. The van der Waals surface area contributed by atoms with Crippen LogP contribution in [0.1, 0.15) is 90.7 Å². The molecule has 0 bridgehead atoms. The molecule has 5 amide bonds. The van der Waals surface area contributed by atoms with Gasteiger partial charge < -0.3 is 39.2 Å². The Bertz CT molecular complexity index is 2320. The number of aryl methyl sites for hydroxylation is 1. The van der Waals surface area contributed by atoms with E-state index in [2.05, 4.69) is 31.6 Å². The Morgan fingerprint density at radius 2 is 1.10 bits per heavy atom. The molecule has 0 spiro atoms. The molecule has 0 aliphatic heterocycles. The van der Waals surface area contributed by atoms with Crippen molar-refractivity contribution in [3.05, 3.63) is 126 Å². The number of nitrogens with zero attached hydrogens (tertiary/aromatic N) is 1. The third-order valence-electron chi connectivity index (χ3n) is 8.93. The summed E-state index contributed by atoms with van der Waals surface area (Å²) < 4.78 is 44.2. The average Bonchev–Trinajstić information content (AvgIpc) is 3.21. The van der Waals surface area contributed by atoms with Crippen LogP contribution in [0.25, 0.3) is 0 Å². The summed E-state index contributed by atoms with van der Waals surface area (Å²) in [5, 5.41) is 13.1. The van der Waals surface area contributed by atoms with E-state index in [1.54, 1.807) is 178 Å². The number of rotatable bonds is 16. The molecule has 0 saturated heterocycles. The molecule has 0 heterocycles. The Labute approximate surface area is 392 Å². The zero-order valence-electron chi connectivity index (χ0n) is 39.9. The molecule has 0 aliphatic rings. The fourth-order valence-corrected chi connectivity index (χ4v) is 7.68. The Kier molecular flexibility index (Phi) is 18.3. The minimum absolute atomic E-state index is 0.138. The number of hydrogen-bond donors (Lipinski definition) is 5. The maximum atomic E-state index is 15.3. The first-order chi connectivity index (χ1) is 31.3. The predicted molar refractivity (Wildman–Crippen MR) is 255 cm³/mol. The van der Waals surface area contributed by atoms with Crippen LogP contribution in [0.15, 0.2) is 114 Å². The Morgan fingerprint density at radius 1 is 0.612 bits per heavy atom. The van der Waals surface area contributed by atoms with Crippen LogP contribution in [0, 0.1) is 6.92 Å². The van der Waals surface area contributed by atoms with Crippen LogP contribution in [0.3, 0.4) is 0 Å². The smallest absolute Gasteiger partial charge is 0.444 e. The molecule has 18 heteroatoms. The number of carbonyl (C=O) groups excluding carboxylic acids is 5. The number of aliphatic imine (C=N–C) groups is 1. The molecule has 0 saturated carbocycles. The van der Waals surface area contributed by atoms with Crippen LogP contribution in [-0.4, -0.2) is 77.1 Å². The van der Waals surface area contributed by atoms with Crippen LogP contribution in [0.4, 0.5) is 15.3 Å². The largest absolute Gasteiger partial charge is 0.453 e. The van der Waals surface area contributed by atoms with Gasteiger partial charge >= 0.3 is 19.8 Å². The van der Waals surface area contributed by atoms with E-state index in [4.69, 9.17) is 23.3 Å². The van der Waals surface area contributed by atoms with Gasteiger partial charge in [0.1, 0.15) is 34.8 Å². The van der Waals surface area contributed by atoms with Crippen molar-refractivity contribution in [3.63, 3.8) is 0 Å². The number of hydrogen-bond acceptors (Lipinski definition) is 12. The molecule has 360 valence electrons. The molecule has 0 aromatic heterocycles. The van der Waals surface area contributed by atoms with E-state index in [-0.39, 0.29) is 36.2 Å². The second-order valence-corrected chi connectivity index (χ2v) is 20.5. The number of ether oxygens (including phenoxy) is 3. The first-order valence-corrected chi connectivity index (χ1v) is 23.3. The number of guanidine groups is 1. The van der Waals surface area contributed by atoms with E-state index in [0.29, 0.717) is 16.7 Å². The van der Waals surface area contributed by atoms with Crippen molar-refractivity contribution in [2.24, 2.45) is 4.99 Å². The Balaban J connectivity index is 1.67. The highest BCUT2D eigenvalue weighted by molar-refractivity contribution is 7.55. The first-order valence-electron chi connectivity index (χ1n) is 21.7. The zero-order chi connectivity index (χ0) is 49.6. The summed E-state index contributed by atoms with van der Waals surface area (Å²) in [5.74, 6) is -3.23. The number of amides is 5. The normalized spacial score (nSPS) is 13.1. The summed E-state index contributed by atoms with van der Waals surface area (Å²) in [4.78, 5) is 71.3. The van der Waals surface area contributed by atoms with Gasteiger partial charge in [0, 0.05) is 12.0 Å². The Morgan fingerprint density at radius 3 is 1.58 bits per heavy atom. The lowest BCUT2D eigenvalue weighted by molar-refractivity contribution is -0.131. The molecule has 4 aromatic carbocycles. The summed E-state index contributed by atoms with van der Waals surface area (Å²) in [6, 6.07) is 27.5. The van der Waals surface area contributed by atoms with Gasteiger partial charge in [0.25, 0.3) is 5.91 Å². The maximum Gasteiger partial charge on any atom is 0.453 e. The fraction of sp³-hybridized carbons (Fsp3) is 0.388. The monoisotopic (exact) mass is 942 g/mol. The van der Waals surface area contributed by atoms with Crippen LogP contribution in [0.2, 0.25) is 0 Å². The summed E-state index contributed by atoms with van der Waals surface area (Å²) in [5.41, 5.74) is -0.508. The first kappa shape index (κ1) is 52.9. The van der Waals surface area contributed by atoms with Crippen LogP contribution in [-0.2, 0) is 34.8 Å². The standard InChI is InChI=1S/C49H63N6O11P/c1-32-20-18-19-25-38(32)42(57)52-39(31-62-47(3,4)5)43(58)50-33(2)41(56)53-40(67(61,65-36-21-14-12-15-22-36)66-37-23-16-13-17-24-37)30-34-26-28-35(29-27-34)51-44(54-45(59)63-48(6,7)8)55-46(60)64-49(9,10)11/h12-29,33,39-40H,30-31H2,1-11H3,(H,50,58)(H,52,57)(H,53,56)(H2,51,54,55,59,60)/t33-,39+,40?/m0/s1. The number of benzene rings is 4. The Hall–Kier alpha value is -6.71. The highest BCUT2D eigenvalue weighted by Gasteiger charge is 2.42. The van der Waals surface area contributed by atoms with Gasteiger partial charge in [0.15, 0.2) is 5.78 Å².